The molecule has 3 aliphatic rings. The summed E-state index contributed by atoms with van der Waals surface area (Å²) in [7, 11) is 0. The lowest BCUT2D eigenvalue weighted by atomic mass is 10.0. The maximum atomic E-state index is 12.4. The number of nitrogens with two attached hydrogens (primary N) is 1. The van der Waals surface area contributed by atoms with E-state index in [1.807, 2.05) is 0 Å². The number of carboxylic acid groups (broad SMARTS) is 1. The Balaban J connectivity index is 0.000000479. The Morgan fingerprint density at radius 2 is 1.94 bits per heavy atom. The molecule has 0 aromatic heterocycles. The molecule has 186 valence electrons. The van der Waals surface area contributed by atoms with Gasteiger partial charge in [0.2, 0.25) is 5.91 Å². The van der Waals surface area contributed by atoms with Crippen LogP contribution in [0.2, 0.25) is 0 Å². The van der Waals surface area contributed by atoms with Crippen LogP contribution in [0.3, 0.4) is 0 Å². The zero-order valence-corrected chi connectivity index (χ0v) is 18.9. The third-order valence-electron chi connectivity index (χ3n) is 5.61. The van der Waals surface area contributed by atoms with E-state index in [0.29, 0.717) is 23.8 Å². The number of ketones is 1. The molecule has 14 heteroatoms. The van der Waals surface area contributed by atoms with Crippen molar-refractivity contribution in [3.63, 3.8) is 0 Å². The summed E-state index contributed by atoms with van der Waals surface area (Å²) in [4.78, 5) is 36.3. The molecule has 1 unspecified atom stereocenters. The number of Topliss-reactive ketones (excluding diaryl/α,β-unsaturated/α-hetero) is 1. The van der Waals surface area contributed by atoms with E-state index in [9.17, 15) is 22.8 Å². The fourth-order valence-corrected chi connectivity index (χ4v) is 4.66. The highest BCUT2D eigenvalue weighted by Gasteiger charge is 2.38. The van der Waals surface area contributed by atoms with Gasteiger partial charge in [0, 0.05) is 18.2 Å². The lowest BCUT2D eigenvalue weighted by Gasteiger charge is -2.36. The molecule has 0 aromatic rings. The molecule has 2 heterocycles. The molecule has 33 heavy (non-hydrogen) atoms. The molecule has 4 N–H and O–H groups in total. The zero-order valence-electron chi connectivity index (χ0n) is 18.1. The van der Waals surface area contributed by atoms with Gasteiger partial charge in [-0.15, -0.1) is 11.8 Å². The van der Waals surface area contributed by atoms with Crippen LogP contribution in [-0.4, -0.2) is 106 Å². The van der Waals surface area contributed by atoms with E-state index in [2.05, 4.69) is 16.3 Å². The highest BCUT2D eigenvalue weighted by molar-refractivity contribution is 7.99. The molecule has 1 saturated carbocycles. The third kappa shape index (κ3) is 9.09. The zero-order chi connectivity index (χ0) is 24.6. The summed E-state index contributed by atoms with van der Waals surface area (Å²) < 4.78 is 31.7. The molecular weight excluding hydrogens is 465 g/mol. The topological polar surface area (TPSA) is 143 Å². The van der Waals surface area contributed by atoms with Gasteiger partial charge < -0.3 is 20.2 Å². The number of carboxylic acids is 1. The quantitative estimate of drug-likeness (QED) is 0.240. The van der Waals surface area contributed by atoms with Gasteiger partial charge in [0.1, 0.15) is 6.04 Å². The van der Waals surface area contributed by atoms with Crippen molar-refractivity contribution in [3.8, 4) is 6.07 Å². The van der Waals surface area contributed by atoms with Crippen molar-refractivity contribution in [3.05, 3.63) is 0 Å². The summed E-state index contributed by atoms with van der Waals surface area (Å²) in [5, 5.41) is 21.2. The first kappa shape index (κ1) is 27.3. The number of amides is 1. The molecule has 0 spiro atoms. The van der Waals surface area contributed by atoms with Crippen LogP contribution in [-0.2, 0) is 14.4 Å². The fraction of sp³-hybridized carbons (Fsp3) is 0.789. The van der Waals surface area contributed by atoms with E-state index in [0.717, 1.165) is 45.4 Å². The van der Waals surface area contributed by atoms with Crippen LogP contribution in [0.1, 0.15) is 25.7 Å². The van der Waals surface area contributed by atoms with Crippen molar-refractivity contribution in [2.75, 3.05) is 44.4 Å². The van der Waals surface area contributed by atoms with Gasteiger partial charge >= 0.3 is 12.1 Å². The smallest absolute Gasteiger partial charge is 0.475 e. The lowest BCUT2D eigenvalue weighted by Crippen LogP contribution is -2.52. The van der Waals surface area contributed by atoms with Crippen molar-refractivity contribution in [1.29, 1.82) is 5.26 Å². The van der Waals surface area contributed by atoms with Crippen molar-refractivity contribution < 1.29 is 32.7 Å². The minimum Gasteiger partial charge on any atom is -0.475 e. The minimum absolute atomic E-state index is 0.0489. The number of thioether (sulfide) groups is 1. The van der Waals surface area contributed by atoms with Crippen LogP contribution in [0.4, 0.5) is 13.2 Å². The summed E-state index contributed by atoms with van der Waals surface area (Å²) in [5.41, 5.74) is 0. The Bertz CT molecular complexity index is 742. The van der Waals surface area contributed by atoms with Crippen molar-refractivity contribution >= 4 is 29.4 Å². The summed E-state index contributed by atoms with van der Waals surface area (Å²) >= 11 is 1.61. The SMILES string of the molecule is N#C[C@@H]1CSCN1C(=O)CN(N)C1CCN(CCCNC2CC2=O)CC1.O=C(O)C(F)(F)F. The summed E-state index contributed by atoms with van der Waals surface area (Å²) in [6.07, 6.45) is -1.44. The van der Waals surface area contributed by atoms with E-state index < -0.39 is 12.1 Å². The number of nitrogens with one attached hydrogen (secondary N) is 1. The number of carbonyl (C=O) groups excluding carboxylic acids is 2. The maximum absolute atomic E-state index is 12.4. The molecule has 3 rings (SSSR count). The summed E-state index contributed by atoms with van der Waals surface area (Å²) in [5.74, 6) is 4.96. The van der Waals surface area contributed by atoms with E-state index >= 15 is 0 Å². The molecular formula is C19H29F3N6O4S. The van der Waals surface area contributed by atoms with Crippen molar-refractivity contribution in [2.45, 2.75) is 50.0 Å². The van der Waals surface area contributed by atoms with Crippen LogP contribution < -0.4 is 11.2 Å². The number of likely N-dealkylation sites (tertiary alicyclic amines) is 1. The van der Waals surface area contributed by atoms with Crippen LogP contribution in [0.25, 0.3) is 0 Å². The Kier molecular flexibility index (Phi) is 10.4. The average Bonchev–Trinajstić information content (AvgIpc) is 3.25. The molecule has 2 aliphatic heterocycles. The molecule has 0 aromatic carbocycles. The van der Waals surface area contributed by atoms with Crippen LogP contribution in [0, 0.1) is 11.3 Å². The van der Waals surface area contributed by atoms with Crippen molar-refractivity contribution in [2.24, 2.45) is 5.84 Å². The van der Waals surface area contributed by atoms with Gasteiger partial charge in [-0.3, -0.25) is 15.4 Å². The lowest BCUT2D eigenvalue weighted by molar-refractivity contribution is -0.192. The fourth-order valence-electron chi connectivity index (χ4n) is 3.55. The maximum Gasteiger partial charge on any atom is 0.490 e. The molecule has 2 saturated heterocycles. The van der Waals surface area contributed by atoms with Gasteiger partial charge in [0.25, 0.3) is 0 Å². The number of hydrogen-bond donors (Lipinski definition) is 3. The molecule has 0 bridgehead atoms. The molecule has 0 radical (unpaired) electrons. The first-order valence-electron chi connectivity index (χ1n) is 10.6. The third-order valence-corrected chi connectivity index (χ3v) is 6.63. The second-order valence-corrected chi connectivity index (χ2v) is 9.09. The molecule has 10 nitrogen and oxygen atoms in total. The summed E-state index contributed by atoms with van der Waals surface area (Å²) in [6, 6.07) is 2.21. The molecule has 1 aliphatic carbocycles. The standard InChI is InChI=1S/C17H28N6O2S.C2HF3O2/c18-9-14-11-26-12-22(14)17(25)10-23(19)13-2-6-21(7-3-13)5-1-4-20-15-8-16(15)24;3-2(4,5)1(6)7/h13-15,20H,1-8,10-12,19H2;(H,6,7)/t14-,15?;/m1./s1. The van der Waals surface area contributed by atoms with E-state index in [1.54, 1.807) is 21.7 Å². The predicted octanol–water partition coefficient (Wildman–Crippen LogP) is 0.00598. The number of carbonyl (C=O) groups is 3. The Morgan fingerprint density at radius 1 is 1.33 bits per heavy atom. The number of hydrazine groups is 1. The van der Waals surface area contributed by atoms with Crippen LogP contribution in [0.5, 0.6) is 0 Å². The van der Waals surface area contributed by atoms with Gasteiger partial charge in [0.05, 0.1) is 24.5 Å². The average molecular weight is 495 g/mol. The molecule has 2 atom stereocenters. The Labute approximate surface area is 194 Å². The molecule has 1 amide bonds. The van der Waals surface area contributed by atoms with Gasteiger partial charge in [-0.05, 0) is 45.4 Å². The Morgan fingerprint density at radius 3 is 2.45 bits per heavy atom. The normalized spacial score (nSPS) is 23.8. The van der Waals surface area contributed by atoms with E-state index in [-0.39, 0.29) is 30.6 Å². The second-order valence-electron chi connectivity index (χ2n) is 8.09. The van der Waals surface area contributed by atoms with Crippen molar-refractivity contribution in [1.82, 2.24) is 20.1 Å². The van der Waals surface area contributed by atoms with Gasteiger partial charge in [-0.1, -0.05) is 0 Å². The highest BCUT2D eigenvalue weighted by atomic mass is 32.2. The van der Waals surface area contributed by atoms with E-state index in [4.69, 9.17) is 21.0 Å². The number of nitriles is 1. The number of rotatable bonds is 8. The van der Waals surface area contributed by atoms with E-state index in [1.165, 1.54) is 0 Å². The number of alkyl halides is 3. The van der Waals surface area contributed by atoms with Crippen LogP contribution in [0.15, 0.2) is 0 Å². The monoisotopic (exact) mass is 494 g/mol. The number of piperidine rings is 1. The number of aliphatic carboxylic acids is 1. The second kappa shape index (κ2) is 12.5. The first-order valence-corrected chi connectivity index (χ1v) is 11.7. The first-order chi connectivity index (χ1) is 15.5. The Hall–Kier alpha value is -1.92. The highest BCUT2D eigenvalue weighted by Crippen LogP contribution is 2.21. The number of hydrogen-bond acceptors (Lipinski definition) is 9. The summed E-state index contributed by atoms with van der Waals surface area (Å²) in [6.45, 7) is 4.06. The van der Waals surface area contributed by atoms with Gasteiger partial charge in [-0.2, -0.15) is 18.4 Å². The van der Waals surface area contributed by atoms with Crippen LogP contribution >= 0.6 is 11.8 Å². The largest absolute Gasteiger partial charge is 0.490 e. The van der Waals surface area contributed by atoms with Gasteiger partial charge in [0.15, 0.2) is 5.78 Å². The predicted molar refractivity (Wildman–Crippen MR) is 114 cm³/mol. The number of nitrogens with zero attached hydrogens (tertiary/aromatic N) is 4. The molecule has 3 fully saturated rings. The number of halogens is 3. The van der Waals surface area contributed by atoms with Gasteiger partial charge in [-0.25, -0.2) is 9.80 Å². The minimum atomic E-state index is -5.08.